The summed E-state index contributed by atoms with van der Waals surface area (Å²) in [6.45, 7) is 3.78. The Hall–Kier alpha value is -3.23. The molecule has 2 amide bonds. The van der Waals surface area contributed by atoms with Crippen molar-refractivity contribution in [3.63, 3.8) is 0 Å². The first kappa shape index (κ1) is 25.0. The number of nitrogens with one attached hydrogen (secondary N) is 2. The lowest BCUT2D eigenvalue weighted by atomic mass is 10.0. The lowest BCUT2D eigenvalue weighted by molar-refractivity contribution is -0.0498. The summed E-state index contributed by atoms with van der Waals surface area (Å²) >= 11 is 0. The predicted octanol–water partition coefficient (Wildman–Crippen LogP) is 5.33. The highest BCUT2D eigenvalue weighted by atomic mass is 19.3. The molecule has 0 aromatic heterocycles. The average Bonchev–Trinajstić information content (AvgIpc) is 2.69. The molecule has 0 spiro atoms. The molecule has 0 fully saturated rings. The van der Waals surface area contributed by atoms with E-state index in [0.717, 1.165) is 0 Å². The van der Waals surface area contributed by atoms with Crippen molar-refractivity contribution in [3.8, 4) is 5.75 Å². The van der Waals surface area contributed by atoms with Crippen LogP contribution in [0.1, 0.15) is 61.6 Å². The van der Waals surface area contributed by atoms with E-state index in [2.05, 4.69) is 15.4 Å². The summed E-state index contributed by atoms with van der Waals surface area (Å²) in [5.74, 6) is -1.17. The third kappa shape index (κ3) is 7.47. The van der Waals surface area contributed by atoms with Crippen LogP contribution in [0.3, 0.4) is 0 Å². The monoisotopic (exact) mass is 452 g/mol. The van der Waals surface area contributed by atoms with E-state index >= 15 is 0 Å². The number of ether oxygens (including phenoxy) is 2. The van der Waals surface area contributed by atoms with Crippen LogP contribution in [0.4, 0.5) is 18.0 Å². The summed E-state index contributed by atoms with van der Waals surface area (Å²) in [6.07, 6.45) is -0.230. The van der Waals surface area contributed by atoms with Gasteiger partial charge >= 0.3 is 12.7 Å². The molecule has 2 N–H and O–H groups in total. The summed E-state index contributed by atoms with van der Waals surface area (Å²) in [5.41, 5.74) is 0.0416. The van der Waals surface area contributed by atoms with Gasteiger partial charge in [-0.25, -0.2) is 9.18 Å². The molecule has 0 saturated carbocycles. The number of amides is 2. The maximum atomic E-state index is 14.4. The Morgan fingerprint density at radius 1 is 1.06 bits per heavy atom. The molecule has 0 aliphatic carbocycles. The van der Waals surface area contributed by atoms with E-state index in [1.165, 1.54) is 30.3 Å². The summed E-state index contributed by atoms with van der Waals surface area (Å²) < 4.78 is 48.6. The smallest absolute Gasteiger partial charge is 0.407 e. The number of carbonyl (C=O) groups is 2. The van der Waals surface area contributed by atoms with Gasteiger partial charge in [0.15, 0.2) is 0 Å². The summed E-state index contributed by atoms with van der Waals surface area (Å²) in [5, 5.41) is 5.27. The highest BCUT2D eigenvalue weighted by molar-refractivity contribution is 5.96. The number of hydrogen-bond donors (Lipinski definition) is 2. The number of carbonyl (C=O) groups excluding carboxylic acids is 2. The summed E-state index contributed by atoms with van der Waals surface area (Å²) in [4.78, 5) is 24.8. The molecule has 1 atom stereocenters. The lowest BCUT2D eigenvalue weighted by Gasteiger charge is -2.21. The predicted molar refractivity (Wildman–Crippen MR) is 113 cm³/mol. The van der Waals surface area contributed by atoms with Gasteiger partial charge in [0.2, 0.25) is 0 Å². The van der Waals surface area contributed by atoms with E-state index in [-0.39, 0.29) is 23.4 Å². The molecule has 174 valence electrons. The van der Waals surface area contributed by atoms with Crippen LogP contribution in [0.25, 0.3) is 0 Å². The number of benzene rings is 2. The van der Waals surface area contributed by atoms with Crippen molar-refractivity contribution in [3.05, 3.63) is 65.0 Å². The molecule has 0 saturated heterocycles. The van der Waals surface area contributed by atoms with Crippen LogP contribution in [-0.4, -0.2) is 24.2 Å². The van der Waals surface area contributed by atoms with Crippen LogP contribution in [-0.2, 0) is 11.3 Å². The molecule has 1 unspecified atom stereocenters. The fraction of sp³-hybridized carbons (Fsp3) is 0.391. The SMILES string of the molecule is CCC(NC(=O)c1cccc(F)c1CNC(=O)OC(C)(C)C)c1ccc(OC(F)F)cc1. The molecule has 9 heteroatoms. The number of rotatable bonds is 8. The highest BCUT2D eigenvalue weighted by Gasteiger charge is 2.21. The van der Waals surface area contributed by atoms with Crippen molar-refractivity contribution in [1.29, 1.82) is 0 Å². The lowest BCUT2D eigenvalue weighted by Crippen LogP contribution is -2.34. The molecule has 0 radical (unpaired) electrons. The Balaban J connectivity index is 2.14. The molecular formula is C23H27F3N2O4. The molecule has 0 bridgehead atoms. The van der Waals surface area contributed by atoms with Crippen molar-refractivity contribution in [2.24, 2.45) is 0 Å². The van der Waals surface area contributed by atoms with Crippen LogP contribution < -0.4 is 15.4 Å². The van der Waals surface area contributed by atoms with Crippen molar-refractivity contribution in [1.82, 2.24) is 10.6 Å². The molecule has 2 rings (SSSR count). The topological polar surface area (TPSA) is 76.7 Å². The van der Waals surface area contributed by atoms with Gasteiger partial charge in [0.25, 0.3) is 5.91 Å². The minimum absolute atomic E-state index is 0.00515. The van der Waals surface area contributed by atoms with Crippen molar-refractivity contribution >= 4 is 12.0 Å². The zero-order valence-corrected chi connectivity index (χ0v) is 18.4. The second-order valence-corrected chi connectivity index (χ2v) is 8.00. The third-order valence-corrected chi connectivity index (χ3v) is 4.39. The fourth-order valence-electron chi connectivity index (χ4n) is 2.96. The molecule has 6 nitrogen and oxygen atoms in total. The number of hydrogen-bond acceptors (Lipinski definition) is 4. The molecule has 32 heavy (non-hydrogen) atoms. The van der Waals surface area contributed by atoms with Crippen LogP contribution in [0.2, 0.25) is 0 Å². The third-order valence-electron chi connectivity index (χ3n) is 4.39. The average molecular weight is 452 g/mol. The van der Waals surface area contributed by atoms with Gasteiger partial charge in [0, 0.05) is 17.7 Å². The molecular weight excluding hydrogens is 425 g/mol. The van der Waals surface area contributed by atoms with Crippen molar-refractivity contribution in [2.45, 2.75) is 58.9 Å². The normalized spacial score (nSPS) is 12.2. The van der Waals surface area contributed by atoms with Gasteiger partial charge in [-0.15, -0.1) is 0 Å². The molecule has 2 aromatic rings. The first-order chi connectivity index (χ1) is 15.0. The van der Waals surface area contributed by atoms with Crippen LogP contribution >= 0.6 is 0 Å². The van der Waals surface area contributed by atoms with Crippen LogP contribution in [0.15, 0.2) is 42.5 Å². The molecule has 0 aliphatic rings. The number of alkyl carbamates (subject to hydrolysis) is 1. The number of halogens is 3. The quantitative estimate of drug-likeness (QED) is 0.567. The maximum Gasteiger partial charge on any atom is 0.407 e. The standard InChI is InChI=1S/C23H27F3N2O4/c1-5-19(14-9-11-15(12-10-14)31-21(25)26)28-20(29)16-7-6-8-18(24)17(16)13-27-22(30)32-23(2,3)4/h6-12,19,21H,5,13H2,1-4H3,(H,27,30)(H,28,29). The van der Waals surface area contributed by atoms with E-state index in [4.69, 9.17) is 4.74 Å². The Kier molecular flexibility index (Phi) is 8.51. The minimum atomic E-state index is -2.93. The second kappa shape index (κ2) is 10.9. The molecule has 2 aromatic carbocycles. The van der Waals surface area contributed by atoms with Crippen molar-refractivity contribution < 1.29 is 32.2 Å². The minimum Gasteiger partial charge on any atom is -0.444 e. The van der Waals surface area contributed by atoms with Crippen LogP contribution in [0, 0.1) is 5.82 Å². The van der Waals surface area contributed by atoms with Gasteiger partial charge in [0.1, 0.15) is 17.2 Å². The largest absolute Gasteiger partial charge is 0.444 e. The maximum absolute atomic E-state index is 14.4. The molecule has 0 aliphatic heterocycles. The fourth-order valence-corrected chi connectivity index (χ4v) is 2.96. The zero-order valence-electron chi connectivity index (χ0n) is 18.4. The van der Waals surface area contributed by atoms with Gasteiger partial charge in [-0.2, -0.15) is 8.78 Å². The van der Waals surface area contributed by atoms with E-state index in [0.29, 0.717) is 12.0 Å². The van der Waals surface area contributed by atoms with Crippen LogP contribution in [0.5, 0.6) is 5.75 Å². The van der Waals surface area contributed by atoms with Crippen molar-refractivity contribution in [2.75, 3.05) is 0 Å². The second-order valence-electron chi connectivity index (χ2n) is 8.00. The van der Waals surface area contributed by atoms with E-state index in [1.54, 1.807) is 32.9 Å². The van der Waals surface area contributed by atoms with E-state index in [9.17, 15) is 22.8 Å². The van der Waals surface area contributed by atoms with Gasteiger partial charge in [-0.05, 0) is 57.0 Å². The van der Waals surface area contributed by atoms with E-state index in [1.807, 2.05) is 6.92 Å². The zero-order chi connectivity index (χ0) is 23.9. The summed E-state index contributed by atoms with van der Waals surface area (Å²) in [6, 6.07) is 9.52. The Bertz CT molecular complexity index is 928. The summed E-state index contributed by atoms with van der Waals surface area (Å²) in [7, 11) is 0. The first-order valence-corrected chi connectivity index (χ1v) is 10.1. The Labute approximate surface area is 185 Å². The Morgan fingerprint density at radius 3 is 2.28 bits per heavy atom. The van der Waals surface area contributed by atoms with Gasteiger partial charge in [-0.3, -0.25) is 4.79 Å². The van der Waals surface area contributed by atoms with Gasteiger partial charge < -0.3 is 20.1 Å². The van der Waals surface area contributed by atoms with E-state index < -0.39 is 36.1 Å². The first-order valence-electron chi connectivity index (χ1n) is 10.1. The van der Waals surface area contributed by atoms with Gasteiger partial charge in [-0.1, -0.05) is 25.1 Å². The number of alkyl halides is 2. The highest BCUT2D eigenvalue weighted by Crippen LogP contribution is 2.23. The molecule has 0 heterocycles. The Morgan fingerprint density at radius 2 is 1.72 bits per heavy atom. The van der Waals surface area contributed by atoms with Gasteiger partial charge in [0.05, 0.1) is 6.04 Å².